The van der Waals surface area contributed by atoms with E-state index >= 15 is 0 Å². The molecule has 0 saturated carbocycles. The smallest absolute Gasteiger partial charge is 0.238 e. The van der Waals surface area contributed by atoms with Gasteiger partial charge in [-0.05, 0) is 90.4 Å². The van der Waals surface area contributed by atoms with E-state index < -0.39 is 0 Å². The van der Waals surface area contributed by atoms with E-state index in [2.05, 4.69) is 182 Å². The Balaban J connectivity index is 1.21. The van der Waals surface area contributed by atoms with Gasteiger partial charge in [-0.25, -0.2) is 9.97 Å². The number of nitrogens with zero attached hydrogens (tertiary/aromatic N) is 6. The van der Waals surface area contributed by atoms with E-state index in [-0.39, 0.29) is 0 Å². The Morgan fingerprint density at radius 3 is 1.47 bits per heavy atom. The summed E-state index contributed by atoms with van der Waals surface area (Å²) in [5.41, 5.74) is 13.8. The van der Waals surface area contributed by atoms with Crippen LogP contribution >= 0.6 is 0 Å². The van der Waals surface area contributed by atoms with Gasteiger partial charge in [-0.1, -0.05) is 155 Å². The molecule has 0 saturated heterocycles. The van der Waals surface area contributed by atoms with Crippen LogP contribution in [0.2, 0.25) is 0 Å². The summed E-state index contributed by atoms with van der Waals surface area (Å²) in [4.78, 5) is 21.2. The van der Waals surface area contributed by atoms with Crippen LogP contribution in [-0.2, 0) is 12.8 Å². The van der Waals surface area contributed by atoms with Crippen molar-refractivity contribution in [3.63, 3.8) is 0 Å². The molecule has 6 nitrogen and oxygen atoms in total. The molecule has 0 bridgehead atoms. The van der Waals surface area contributed by atoms with Crippen molar-refractivity contribution in [1.82, 2.24) is 29.1 Å². The molecule has 0 aliphatic rings. The minimum Gasteiger partial charge on any atom is -0.307 e. The van der Waals surface area contributed by atoms with Crippen molar-refractivity contribution in [2.75, 3.05) is 0 Å². The Kier molecular flexibility index (Phi) is 9.92. The van der Waals surface area contributed by atoms with Gasteiger partial charge >= 0.3 is 0 Å². The molecule has 0 unspecified atom stereocenters. The van der Waals surface area contributed by atoms with Gasteiger partial charge in [-0.2, -0.15) is 9.97 Å². The van der Waals surface area contributed by atoms with Crippen LogP contribution in [0.15, 0.2) is 182 Å². The summed E-state index contributed by atoms with van der Waals surface area (Å²) in [6.07, 6.45) is 2.00. The molecule has 64 heavy (non-hydrogen) atoms. The molecule has 4 heterocycles. The molecular weight excluding hydrogens is 781 g/mol. The molecule has 6 heteroatoms. The Bertz CT molecular complexity index is 3490. The first-order chi connectivity index (χ1) is 31.4. The number of para-hydroxylation sites is 1. The number of aromatic nitrogens is 6. The SMILES string of the molecule is CC(C)Cc1ccc2c(c1)c1ccc3c4cc(CC(C)C)ccc4n(-c4nc(-c5ccccc5)nc(-c5cccc(-c6cccc(-c7ccccc7)n6)c5)n4)c3c1n2-c1ccccc1. The average Bonchev–Trinajstić information content (AvgIpc) is 3.84. The minimum absolute atomic E-state index is 0.518. The van der Waals surface area contributed by atoms with Crippen LogP contribution in [0.5, 0.6) is 0 Å². The number of hydrogen-bond acceptors (Lipinski definition) is 4. The van der Waals surface area contributed by atoms with Crippen LogP contribution in [0.4, 0.5) is 0 Å². The summed E-state index contributed by atoms with van der Waals surface area (Å²) in [6.45, 7) is 9.14. The van der Waals surface area contributed by atoms with Crippen molar-refractivity contribution < 1.29 is 0 Å². The van der Waals surface area contributed by atoms with E-state index in [9.17, 15) is 0 Å². The van der Waals surface area contributed by atoms with E-state index in [0.29, 0.717) is 29.4 Å². The maximum absolute atomic E-state index is 5.46. The summed E-state index contributed by atoms with van der Waals surface area (Å²) in [5.74, 6) is 2.82. The summed E-state index contributed by atoms with van der Waals surface area (Å²) < 4.78 is 4.74. The lowest BCUT2D eigenvalue weighted by molar-refractivity contribution is 0.647. The molecule has 0 radical (unpaired) electrons. The standard InChI is InChI=1S/C58H48N6/c1-37(2)32-39-26-30-52-48(34-39)46-28-29-47-49-35-40(33-38(3)4)27-31-53(49)64(55(47)54(46)63(52)45-22-12-7-13-23-45)58-61-56(42-18-10-6-11-19-42)60-57(62-58)44-21-14-20-43(36-44)51-25-15-24-50(59-51)41-16-8-5-9-17-41/h5-31,34-38H,32-33H2,1-4H3. The number of pyridine rings is 1. The van der Waals surface area contributed by atoms with E-state index in [1.807, 2.05) is 36.4 Å². The molecule has 0 spiro atoms. The third kappa shape index (κ3) is 7.11. The minimum atomic E-state index is 0.518. The normalized spacial score (nSPS) is 11.8. The van der Waals surface area contributed by atoms with Gasteiger partial charge in [0.05, 0.1) is 33.5 Å². The van der Waals surface area contributed by atoms with Gasteiger partial charge in [-0.15, -0.1) is 0 Å². The van der Waals surface area contributed by atoms with Crippen molar-refractivity contribution in [3.05, 3.63) is 193 Å². The summed E-state index contributed by atoms with van der Waals surface area (Å²) in [7, 11) is 0. The highest BCUT2D eigenvalue weighted by Gasteiger charge is 2.24. The Morgan fingerprint density at radius 1 is 0.375 bits per heavy atom. The molecule has 0 aliphatic carbocycles. The van der Waals surface area contributed by atoms with Gasteiger partial charge in [0.1, 0.15) is 0 Å². The first-order valence-electron chi connectivity index (χ1n) is 22.4. The molecule has 4 aromatic heterocycles. The third-order valence-electron chi connectivity index (χ3n) is 12.2. The quantitative estimate of drug-likeness (QED) is 0.138. The average molecular weight is 829 g/mol. The highest BCUT2D eigenvalue weighted by atomic mass is 15.2. The van der Waals surface area contributed by atoms with Crippen molar-refractivity contribution in [2.24, 2.45) is 11.8 Å². The van der Waals surface area contributed by atoms with Crippen molar-refractivity contribution in [3.8, 4) is 56.9 Å². The second-order valence-electron chi connectivity index (χ2n) is 17.8. The Hall–Kier alpha value is -7.70. The largest absolute Gasteiger partial charge is 0.307 e. The number of rotatable bonds is 10. The monoisotopic (exact) mass is 828 g/mol. The van der Waals surface area contributed by atoms with Gasteiger partial charge in [0.25, 0.3) is 0 Å². The molecule has 7 aromatic carbocycles. The maximum atomic E-state index is 5.46. The Labute approximate surface area is 373 Å². The number of hydrogen-bond donors (Lipinski definition) is 0. The zero-order chi connectivity index (χ0) is 43.3. The molecule has 310 valence electrons. The van der Waals surface area contributed by atoms with Crippen molar-refractivity contribution in [2.45, 2.75) is 40.5 Å². The van der Waals surface area contributed by atoms with Gasteiger partial charge in [0, 0.05) is 49.5 Å². The van der Waals surface area contributed by atoms with E-state index in [0.717, 1.165) is 74.1 Å². The van der Waals surface area contributed by atoms with E-state index in [4.69, 9.17) is 19.9 Å². The van der Waals surface area contributed by atoms with Crippen molar-refractivity contribution >= 4 is 43.6 Å². The van der Waals surface area contributed by atoms with Gasteiger partial charge in [-0.3, -0.25) is 4.57 Å². The highest BCUT2D eigenvalue weighted by Crippen LogP contribution is 2.42. The summed E-state index contributed by atoms with van der Waals surface area (Å²) in [5, 5.41) is 4.76. The lowest BCUT2D eigenvalue weighted by atomic mass is 10.00. The summed E-state index contributed by atoms with van der Waals surface area (Å²) >= 11 is 0. The second kappa shape index (κ2) is 16.2. The first-order valence-corrected chi connectivity index (χ1v) is 22.4. The van der Waals surface area contributed by atoms with Gasteiger partial charge in [0.15, 0.2) is 11.6 Å². The zero-order valence-corrected chi connectivity index (χ0v) is 36.6. The fourth-order valence-corrected chi connectivity index (χ4v) is 9.44. The Morgan fingerprint density at radius 2 is 0.859 bits per heavy atom. The van der Waals surface area contributed by atoms with Gasteiger partial charge in [0.2, 0.25) is 5.95 Å². The van der Waals surface area contributed by atoms with Crippen LogP contribution in [0, 0.1) is 11.8 Å². The molecule has 0 amide bonds. The lowest BCUT2D eigenvalue weighted by Gasteiger charge is -2.14. The highest BCUT2D eigenvalue weighted by molar-refractivity contribution is 6.23. The maximum Gasteiger partial charge on any atom is 0.238 e. The van der Waals surface area contributed by atoms with Crippen LogP contribution in [0.1, 0.15) is 38.8 Å². The predicted molar refractivity (Wildman–Crippen MR) is 265 cm³/mol. The second-order valence-corrected chi connectivity index (χ2v) is 17.8. The third-order valence-corrected chi connectivity index (χ3v) is 12.2. The van der Waals surface area contributed by atoms with Crippen LogP contribution in [0.3, 0.4) is 0 Å². The molecule has 11 aromatic rings. The van der Waals surface area contributed by atoms with E-state index in [1.54, 1.807) is 0 Å². The van der Waals surface area contributed by atoms with Crippen LogP contribution < -0.4 is 0 Å². The first kappa shape index (κ1) is 39.2. The number of benzene rings is 7. The summed E-state index contributed by atoms with van der Waals surface area (Å²) in [6, 6.07) is 64.5. The molecular formula is C58H48N6. The van der Waals surface area contributed by atoms with Crippen molar-refractivity contribution in [1.29, 1.82) is 0 Å². The molecule has 0 atom stereocenters. The fraction of sp³-hybridized carbons (Fsp3) is 0.138. The fourth-order valence-electron chi connectivity index (χ4n) is 9.44. The lowest BCUT2D eigenvalue weighted by Crippen LogP contribution is -2.07. The van der Waals surface area contributed by atoms with Gasteiger partial charge < -0.3 is 4.57 Å². The molecule has 0 N–H and O–H groups in total. The molecule has 0 aliphatic heterocycles. The number of fused-ring (bicyclic) bond motifs is 7. The topological polar surface area (TPSA) is 61.4 Å². The van der Waals surface area contributed by atoms with Crippen LogP contribution in [-0.4, -0.2) is 29.1 Å². The van der Waals surface area contributed by atoms with Crippen LogP contribution in [0.25, 0.3) is 101 Å². The zero-order valence-electron chi connectivity index (χ0n) is 36.6. The predicted octanol–water partition coefficient (Wildman–Crippen LogP) is 14.5. The van der Waals surface area contributed by atoms with E-state index in [1.165, 1.54) is 32.8 Å². The molecule has 11 rings (SSSR count). The molecule has 0 fully saturated rings.